The van der Waals surface area contributed by atoms with Crippen LogP contribution in [0.4, 0.5) is 0 Å². The lowest BCUT2D eigenvalue weighted by Crippen LogP contribution is -2.30. The summed E-state index contributed by atoms with van der Waals surface area (Å²) in [6, 6.07) is 0. The topological polar surface area (TPSA) is 78.9 Å². The molecule has 3 atom stereocenters. The zero-order valence-electron chi connectivity index (χ0n) is 37.7. The van der Waals surface area contributed by atoms with Gasteiger partial charge in [-0.3, -0.25) is 14.4 Å². The standard InChI is InChI=1S/C49H94O6/c1-7-44(5)36-30-24-18-14-10-12-16-20-28-34-40-49(52)55-46(42-54-48(51)39-33-27-22-21-25-31-37-45(6)8-2)41-53-47(50)38-32-26-19-15-11-9-13-17-23-29-35-43(3)4/h43-46H,7-42H2,1-6H3/t44?,45?,46-/m0/s1. The van der Waals surface area contributed by atoms with Crippen LogP contribution in [0.3, 0.4) is 0 Å². The van der Waals surface area contributed by atoms with Gasteiger partial charge >= 0.3 is 17.9 Å². The van der Waals surface area contributed by atoms with Crippen LogP contribution >= 0.6 is 0 Å². The molecule has 0 heterocycles. The molecule has 6 heteroatoms. The molecule has 0 rings (SSSR count). The van der Waals surface area contributed by atoms with E-state index in [0.29, 0.717) is 19.3 Å². The number of carbonyl (C=O) groups excluding carboxylic acids is 3. The molecule has 0 saturated heterocycles. The molecule has 55 heavy (non-hydrogen) atoms. The van der Waals surface area contributed by atoms with Gasteiger partial charge in [0.05, 0.1) is 0 Å². The smallest absolute Gasteiger partial charge is 0.306 e. The van der Waals surface area contributed by atoms with E-state index < -0.39 is 6.10 Å². The summed E-state index contributed by atoms with van der Waals surface area (Å²) in [6.45, 7) is 13.7. The number of hydrogen-bond donors (Lipinski definition) is 0. The average Bonchev–Trinajstić information content (AvgIpc) is 3.17. The van der Waals surface area contributed by atoms with E-state index in [0.717, 1.165) is 75.5 Å². The number of ether oxygens (including phenoxy) is 3. The first-order chi connectivity index (χ1) is 26.7. The molecule has 0 radical (unpaired) electrons. The van der Waals surface area contributed by atoms with Gasteiger partial charge in [-0.05, 0) is 37.0 Å². The number of rotatable bonds is 42. The molecule has 0 N–H and O–H groups in total. The van der Waals surface area contributed by atoms with E-state index >= 15 is 0 Å². The molecule has 0 aromatic carbocycles. The van der Waals surface area contributed by atoms with E-state index in [4.69, 9.17) is 14.2 Å². The predicted molar refractivity (Wildman–Crippen MR) is 233 cm³/mol. The molecule has 6 nitrogen and oxygen atoms in total. The summed E-state index contributed by atoms with van der Waals surface area (Å²) >= 11 is 0. The van der Waals surface area contributed by atoms with Crippen molar-refractivity contribution < 1.29 is 28.6 Å². The average molecular weight is 779 g/mol. The Morgan fingerprint density at radius 1 is 0.364 bits per heavy atom. The number of esters is 3. The summed E-state index contributed by atoms with van der Waals surface area (Å²) in [4.78, 5) is 37.8. The molecule has 0 aromatic heterocycles. The predicted octanol–water partition coefficient (Wildman–Crippen LogP) is 15.2. The first-order valence-electron chi connectivity index (χ1n) is 24.2. The third-order valence-electron chi connectivity index (χ3n) is 11.6. The fourth-order valence-electron chi connectivity index (χ4n) is 7.17. The van der Waals surface area contributed by atoms with Crippen molar-refractivity contribution >= 4 is 17.9 Å². The second-order valence-corrected chi connectivity index (χ2v) is 17.7. The lowest BCUT2D eigenvalue weighted by Gasteiger charge is -2.18. The second-order valence-electron chi connectivity index (χ2n) is 17.7. The first kappa shape index (κ1) is 53.4. The normalized spacial score (nSPS) is 13.1. The monoisotopic (exact) mass is 779 g/mol. The van der Waals surface area contributed by atoms with E-state index in [2.05, 4.69) is 41.5 Å². The van der Waals surface area contributed by atoms with Gasteiger partial charge in [0.15, 0.2) is 6.10 Å². The van der Waals surface area contributed by atoms with E-state index in [1.807, 2.05) is 0 Å². The van der Waals surface area contributed by atoms with Crippen LogP contribution in [0.5, 0.6) is 0 Å². The van der Waals surface area contributed by atoms with Gasteiger partial charge in [-0.2, -0.15) is 0 Å². The van der Waals surface area contributed by atoms with Crippen molar-refractivity contribution in [2.24, 2.45) is 17.8 Å². The Morgan fingerprint density at radius 3 is 0.945 bits per heavy atom. The fraction of sp³-hybridized carbons (Fsp3) is 0.939. The molecule has 0 saturated carbocycles. The van der Waals surface area contributed by atoms with Gasteiger partial charge < -0.3 is 14.2 Å². The van der Waals surface area contributed by atoms with E-state index in [1.54, 1.807) is 0 Å². The third kappa shape index (κ3) is 40.4. The highest BCUT2D eigenvalue weighted by molar-refractivity contribution is 5.71. The maximum Gasteiger partial charge on any atom is 0.306 e. The fourth-order valence-corrected chi connectivity index (χ4v) is 7.17. The zero-order valence-corrected chi connectivity index (χ0v) is 37.7. The van der Waals surface area contributed by atoms with Gasteiger partial charge in [-0.15, -0.1) is 0 Å². The molecular weight excluding hydrogens is 685 g/mol. The molecular formula is C49H94O6. The Kier molecular flexibility index (Phi) is 39.4. The highest BCUT2D eigenvalue weighted by Crippen LogP contribution is 2.18. The van der Waals surface area contributed by atoms with Crippen molar-refractivity contribution in [3.63, 3.8) is 0 Å². The van der Waals surface area contributed by atoms with E-state index in [-0.39, 0.29) is 31.1 Å². The van der Waals surface area contributed by atoms with Crippen LogP contribution < -0.4 is 0 Å². The minimum atomic E-state index is -0.763. The van der Waals surface area contributed by atoms with Crippen molar-refractivity contribution in [2.45, 2.75) is 266 Å². The minimum absolute atomic E-state index is 0.0662. The van der Waals surface area contributed by atoms with Crippen LogP contribution in [-0.2, 0) is 28.6 Å². The summed E-state index contributed by atoms with van der Waals surface area (Å²) < 4.78 is 16.8. The molecule has 0 aliphatic heterocycles. The third-order valence-corrected chi connectivity index (χ3v) is 11.6. The van der Waals surface area contributed by atoms with Crippen LogP contribution in [-0.4, -0.2) is 37.2 Å². The van der Waals surface area contributed by atoms with E-state index in [9.17, 15) is 14.4 Å². The minimum Gasteiger partial charge on any atom is -0.462 e. The van der Waals surface area contributed by atoms with Gasteiger partial charge in [-0.25, -0.2) is 0 Å². The van der Waals surface area contributed by atoms with Crippen LogP contribution in [0.25, 0.3) is 0 Å². The number of hydrogen-bond acceptors (Lipinski definition) is 6. The van der Waals surface area contributed by atoms with Crippen molar-refractivity contribution in [3.05, 3.63) is 0 Å². The molecule has 0 amide bonds. The van der Waals surface area contributed by atoms with Gasteiger partial charge in [0.1, 0.15) is 13.2 Å². The molecule has 0 aliphatic rings. The molecule has 0 aromatic rings. The van der Waals surface area contributed by atoms with Crippen molar-refractivity contribution in [2.75, 3.05) is 13.2 Å². The summed E-state index contributed by atoms with van der Waals surface area (Å²) in [5.41, 5.74) is 0. The Morgan fingerprint density at radius 2 is 0.636 bits per heavy atom. The number of carbonyl (C=O) groups is 3. The second kappa shape index (κ2) is 40.6. The Balaban J connectivity index is 4.35. The zero-order chi connectivity index (χ0) is 40.6. The van der Waals surface area contributed by atoms with Crippen molar-refractivity contribution in [1.29, 1.82) is 0 Å². The summed E-state index contributed by atoms with van der Waals surface area (Å²) in [7, 11) is 0. The maximum atomic E-state index is 12.7. The quantitative estimate of drug-likeness (QED) is 0.0349. The summed E-state index contributed by atoms with van der Waals surface area (Å²) in [5, 5.41) is 0. The summed E-state index contributed by atoms with van der Waals surface area (Å²) in [5.74, 6) is 1.64. The van der Waals surface area contributed by atoms with Gasteiger partial charge in [0.2, 0.25) is 0 Å². The van der Waals surface area contributed by atoms with Gasteiger partial charge in [-0.1, -0.05) is 221 Å². The molecule has 0 aliphatic carbocycles. The van der Waals surface area contributed by atoms with Crippen LogP contribution in [0.1, 0.15) is 260 Å². The maximum absolute atomic E-state index is 12.7. The largest absolute Gasteiger partial charge is 0.462 e. The highest BCUT2D eigenvalue weighted by atomic mass is 16.6. The molecule has 0 fully saturated rings. The van der Waals surface area contributed by atoms with Gasteiger partial charge in [0.25, 0.3) is 0 Å². The Bertz CT molecular complexity index is 856. The van der Waals surface area contributed by atoms with Gasteiger partial charge in [0, 0.05) is 19.3 Å². The Hall–Kier alpha value is -1.59. The molecule has 2 unspecified atom stereocenters. The van der Waals surface area contributed by atoms with Crippen LogP contribution in [0.2, 0.25) is 0 Å². The van der Waals surface area contributed by atoms with Crippen LogP contribution in [0.15, 0.2) is 0 Å². The SMILES string of the molecule is CCC(C)CCCCCCCCCCCCC(=O)O[C@@H](COC(=O)CCCCCCCCCCCCC(C)C)COC(=O)CCCCCCCCC(C)CC. The number of unbranched alkanes of at least 4 members (excludes halogenated alkanes) is 23. The van der Waals surface area contributed by atoms with Crippen molar-refractivity contribution in [1.82, 2.24) is 0 Å². The molecule has 326 valence electrons. The molecule has 0 spiro atoms. The van der Waals surface area contributed by atoms with Crippen LogP contribution in [0, 0.1) is 17.8 Å². The lowest BCUT2D eigenvalue weighted by molar-refractivity contribution is -0.167. The van der Waals surface area contributed by atoms with E-state index in [1.165, 1.54) is 141 Å². The molecule has 0 bridgehead atoms. The summed E-state index contributed by atoms with van der Waals surface area (Å²) in [6.07, 6.45) is 38.0. The first-order valence-corrected chi connectivity index (χ1v) is 24.2. The van der Waals surface area contributed by atoms with Crippen molar-refractivity contribution in [3.8, 4) is 0 Å². The highest BCUT2D eigenvalue weighted by Gasteiger charge is 2.19. The lowest BCUT2D eigenvalue weighted by atomic mass is 9.99. The Labute approximate surface area is 342 Å².